The molecule has 0 aromatic rings. The molecule has 0 aromatic heterocycles. The summed E-state index contributed by atoms with van der Waals surface area (Å²) < 4.78 is 0. The van der Waals surface area contributed by atoms with Crippen molar-refractivity contribution in [1.82, 2.24) is 5.32 Å². The predicted octanol–water partition coefficient (Wildman–Crippen LogP) is 2.09. The molecule has 118 valence electrons. The summed E-state index contributed by atoms with van der Waals surface area (Å²) in [6, 6.07) is -0.250. The van der Waals surface area contributed by atoms with Crippen molar-refractivity contribution in [3.8, 4) is 0 Å². The Kier molecular flexibility index (Phi) is 6.02. The summed E-state index contributed by atoms with van der Waals surface area (Å²) in [6.07, 6.45) is 2.22. The second-order valence-electron chi connectivity index (χ2n) is 7.17. The molecule has 3 N–H and O–H groups in total. The number of carbonyl (C=O) groups excluding carboxylic acids is 1. The van der Waals surface area contributed by atoms with Crippen LogP contribution in [0.2, 0.25) is 0 Å². The number of aliphatic hydroxyl groups excluding tert-OH is 2. The van der Waals surface area contributed by atoms with Gasteiger partial charge in [0.25, 0.3) is 0 Å². The van der Waals surface area contributed by atoms with Gasteiger partial charge in [-0.15, -0.1) is 0 Å². The quantitative estimate of drug-likeness (QED) is 0.724. The highest BCUT2D eigenvalue weighted by Gasteiger charge is 2.41. The summed E-state index contributed by atoms with van der Waals surface area (Å²) in [5, 5.41) is 23.0. The average molecular weight is 285 g/mol. The van der Waals surface area contributed by atoms with Gasteiger partial charge in [0.15, 0.2) is 0 Å². The Hall–Kier alpha value is -0.610. The third-order valence-electron chi connectivity index (χ3n) is 4.99. The van der Waals surface area contributed by atoms with Crippen molar-refractivity contribution in [3.05, 3.63) is 0 Å². The van der Waals surface area contributed by atoms with Crippen molar-refractivity contribution < 1.29 is 15.0 Å². The minimum Gasteiger partial charge on any atom is -0.391 e. The van der Waals surface area contributed by atoms with E-state index in [1.165, 1.54) is 0 Å². The van der Waals surface area contributed by atoms with E-state index in [2.05, 4.69) is 26.1 Å². The Morgan fingerprint density at radius 2 is 1.95 bits per heavy atom. The maximum absolute atomic E-state index is 12.1. The zero-order valence-corrected chi connectivity index (χ0v) is 13.5. The summed E-state index contributed by atoms with van der Waals surface area (Å²) in [5.74, 6) is -0.226. The fourth-order valence-corrected chi connectivity index (χ4v) is 3.06. The van der Waals surface area contributed by atoms with E-state index in [0.717, 1.165) is 25.7 Å². The van der Waals surface area contributed by atoms with Gasteiger partial charge < -0.3 is 15.5 Å². The Morgan fingerprint density at radius 3 is 2.45 bits per heavy atom. The van der Waals surface area contributed by atoms with Crippen LogP contribution in [0.25, 0.3) is 0 Å². The minimum atomic E-state index is -1.01. The molecule has 0 heterocycles. The first kappa shape index (κ1) is 17.4. The van der Waals surface area contributed by atoms with E-state index in [1.54, 1.807) is 0 Å². The second kappa shape index (κ2) is 6.90. The molecule has 4 atom stereocenters. The fraction of sp³-hybridized carbons (Fsp3) is 0.938. The van der Waals surface area contributed by atoms with Gasteiger partial charge in [-0.05, 0) is 30.1 Å². The Labute approximate surface area is 123 Å². The molecule has 0 saturated heterocycles. The highest BCUT2D eigenvalue weighted by atomic mass is 16.3. The van der Waals surface area contributed by atoms with Crippen LogP contribution in [-0.2, 0) is 4.79 Å². The van der Waals surface area contributed by atoms with Crippen molar-refractivity contribution in [1.29, 1.82) is 0 Å². The summed E-state index contributed by atoms with van der Waals surface area (Å²) in [5.41, 5.74) is 0.0716. The van der Waals surface area contributed by atoms with E-state index in [9.17, 15) is 15.0 Å². The van der Waals surface area contributed by atoms with Crippen LogP contribution in [0.3, 0.4) is 0 Å². The molecule has 0 aromatic carbocycles. The van der Waals surface area contributed by atoms with Gasteiger partial charge in [-0.3, -0.25) is 4.79 Å². The molecule has 0 aliphatic heterocycles. The van der Waals surface area contributed by atoms with Gasteiger partial charge in [-0.2, -0.15) is 0 Å². The topological polar surface area (TPSA) is 69.6 Å². The van der Waals surface area contributed by atoms with Crippen LogP contribution >= 0.6 is 0 Å². The molecular weight excluding hydrogens is 254 g/mol. The van der Waals surface area contributed by atoms with Gasteiger partial charge in [0.1, 0.15) is 6.10 Å². The summed E-state index contributed by atoms with van der Waals surface area (Å²) in [6.45, 7) is 10.1. The largest absolute Gasteiger partial charge is 0.391 e. The summed E-state index contributed by atoms with van der Waals surface area (Å²) in [7, 11) is 0. The summed E-state index contributed by atoms with van der Waals surface area (Å²) >= 11 is 0. The third-order valence-corrected chi connectivity index (χ3v) is 4.99. The van der Waals surface area contributed by atoms with Crippen molar-refractivity contribution in [3.63, 3.8) is 0 Å². The van der Waals surface area contributed by atoms with Crippen LogP contribution in [-0.4, -0.2) is 34.4 Å². The van der Waals surface area contributed by atoms with Gasteiger partial charge in [-0.1, -0.05) is 47.5 Å². The lowest BCUT2D eigenvalue weighted by Gasteiger charge is -2.45. The molecule has 1 aliphatic rings. The van der Waals surface area contributed by atoms with Crippen molar-refractivity contribution in [2.45, 2.75) is 78.6 Å². The zero-order chi connectivity index (χ0) is 15.5. The molecule has 0 unspecified atom stereocenters. The Balaban J connectivity index is 2.83. The second-order valence-corrected chi connectivity index (χ2v) is 7.17. The molecule has 1 amide bonds. The maximum atomic E-state index is 12.1. The Bertz CT molecular complexity index is 328. The molecule has 4 heteroatoms. The van der Waals surface area contributed by atoms with E-state index in [-0.39, 0.29) is 29.2 Å². The first-order valence-corrected chi connectivity index (χ1v) is 7.87. The van der Waals surface area contributed by atoms with E-state index in [0.29, 0.717) is 0 Å². The smallest absolute Gasteiger partial charge is 0.249 e. The number of nitrogens with one attached hydrogen (secondary N) is 1. The number of carbonyl (C=O) groups is 1. The van der Waals surface area contributed by atoms with Crippen molar-refractivity contribution in [2.75, 3.05) is 0 Å². The normalized spacial score (nSPS) is 29.3. The predicted molar refractivity (Wildman–Crippen MR) is 80.2 cm³/mol. The highest BCUT2D eigenvalue weighted by molar-refractivity contribution is 5.81. The maximum Gasteiger partial charge on any atom is 0.249 e. The van der Waals surface area contributed by atoms with Crippen molar-refractivity contribution in [2.24, 2.45) is 17.3 Å². The number of rotatable bonds is 5. The zero-order valence-electron chi connectivity index (χ0n) is 13.5. The lowest BCUT2D eigenvalue weighted by molar-refractivity contribution is -0.135. The molecule has 0 bridgehead atoms. The number of aliphatic hydroxyl groups is 2. The van der Waals surface area contributed by atoms with Crippen LogP contribution in [0.4, 0.5) is 0 Å². The average Bonchev–Trinajstić information content (AvgIpc) is 2.39. The van der Waals surface area contributed by atoms with Gasteiger partial charge >= 0.3 is 0 Å². The highest BCUT2D eigenvalue weighted by Crippen LogP contribution is 2.40. The van der Waals surface area contributed by atoms with E-state index in [4.69, 9.17) is 0 Å². The molecule has 1 fully saturated rings. The molecular formula is C16H31NO3. The lowest BCUT2D eigenvalue weighted by Crippen LogP contribution is -2.56. The van der Waals surface area contributed by atoms with Gasteiger partial charge in [0.2, 0.25) is 5.91 Å². The van der Waals surface area contributed by atoms with Gasteiger partial charge in [0.05, 0.1) is 12.1 Å². The first-order chi connectivity index (χ1) is 9.20. The third kappa shape index (κ3) is 3.95. The van der Waals surface area contributed by atoms with Gasteiger partial charge in [-0.25, -0.2) is 0 Å². The number of hydrogen-bond donors (Lipinski definition) is 3. The minimum absolute atomic E-state index is 0.0716. The molecule has 1 aliphatic carbocycles. The van der Waals surface area contributed by atoms with E-state index >= 15 is 0 Å². The van der Waals surface area contributed by atoms with Gasteiger partial charge in [0, 0.05) is 0 Å². The van der Waals surface area contributed by atoms with Crippen LogP contribution in [0.1, 0.15) is 60.3 Å². The van der Waals surface area contributed by atoms with Crippen LogP contribution in [0, 0.1) is 17.3 Å². The lowest BCUT2D eigenvalue weighted by atomic mass is 9.66. The monoisotopic (exact) mass is 285 g/mol. The van der Waals surface area contributed by atoms with E-state index < -0.39 is 12.2 Å². The van der Waals surface area contributed by atoms with E-state index in [1.807, 2.05) is 13.8 Å². The van der Waals surface area contributed by atoms with Crippen molar-refractivity contribution >= 4 is 5.91 Å². The number of hydrogen-bond acceptors (Lipinski definition) is 3. The molecule has 1 saturated carbocycles. The molecule has 4 nitrogen and oxygen atoms in total. The van der Waals surface area contributed by atoms with Crippen LogP contribution in [0.15, 0.2) is 0 Å². The number of amides is 1. The SMILES string of the molecule is CCC(C)(C)[C@@H]1CCC[C@H](O)[C@@H]1NC(=O)[C@@H](O)C(C)C. The molecule has 0 spiro atoms. The fourth-order valence-electron chi connectivity index (χ4n) is 3.06. The first-order valence-electron chi connectivity index (χ1n) is 7.87. The molecule has 20 heavy (non-hydrogen) atoms. The molecule has 0 radical (unpaired) electrons. The van der Waals surface area contributed by atoms with Crippen LogP contribution in [0.5, 0.6) is 0 Å². The summed E-state index contributed by atoms with van der Waals surface area (Å²) in [4.78, 5) is 12.1. The Morgan fingerprint density at radius 1 is 1.35 bits per heavy atom. The standard InChI is InChI=1S/C16H31NO3/c1-6-16(4,5)11-8-7-9-12(18)13(11)17-15(20)14(19)10(2)3/h10-14,18-19H,6-9H2,1-5H3,(H,17,20)/t11-,12+,13-,14+/m1/s1. The molecule has 1 rings (SSSR count). The van der Waals surface area contributed by atoms with Crippen LogP contribution < -0.4 is 5.32 Å².